The summed E-state index contributed by atoms with van der Waals surface area (Å²) >= 11 is 0. The maximum Gasteiger partial charge on any atom is 0.0468 e. The van der Waals surface area contributed by atoms with Gasteiger partial charge in [-0.1, -0.05) is 170 Å². The van der Waals surface area contributed by atoms with Gasteiger partial charge >= 0.3 is 0 Å². The van der Waals surface area contributed by atoms with Crippen molar-refractivity contribution in [1.29, 1.82) is 0 Å². The first kappa shape index (κ1) is 34.1. The van der Waals surface area contributed by atoms with Crippen molar-refractivity contribution in [3.05, 3.63) is 186 Å². The van der Waals surface area contributed by atoms with Crippen molar-refractivity contribution in [1.82, 2.24) is 0 Å². The molecular formula is C56H47N. The van der Waals surface area contributed by atoms with Gasteiger partial charge in [0.15, 0.2) is 0 Å². The normalized spacial score (nSPS) is 14.9. The largest absolute Gasteiger partial charge is 0.310 e. The van der Waals surface area contributed by atoms with Crippen LogP contribution in [0.5, 0.6) is 0 Å². The SMILES string of the molecule is CC(C)(C)c1ccc(N(c2ccc3c4c(ccc3c2)-c2ccc3ccccc3c2C4(C)C)c2ccc3c4c(ccc3c2)-c2ccc3ccccc3c2C4(C)C)cc1. The molecule has 0 radical (unpaired) electrons. The van der Waals surface area contributed by atoms with Crippen LogP contribution >= 0.6 is 0 Å². The van der Waals surface area contributed by atoms with E-state index in [9.17, 15) is 0 Å². The Morgan fingerprint density at radius 1 is 0.351 bits per heavy atom. The van der Waals surface area contributed by atoms with Crippen molar-refractivity contribution >= 4 is 60.2 Å². The molecule has 0 unspecified atom stereocenters. The lowest BCUT2D eigenvalue weighted by atomic mass is 9.78. The summed E-state index contributed by atoms with van der Waals surface area (Å²) in [4.78, 5) is 2.45. The van der Waals surface area contributed by atoms with E-state index in [4.69, 9.17) is 0 Å². The predicted octanol–water partition coefficient (Wildman–Crippen LogP) is 15.7. The highest BCUT2D eigenvalue weighted by molar-refractivity contribution is 6.06. The molecule has 11 rings (SSSR count). The summed E-state index contributed by atoms with van der Waals surface area (Å²) in [6.07, 6.45) is 0. The monoisotopic (exact) mass is 733 g/mol. The number of hydrogen-bond acceptors (Lipinski definition) is 1. The molecule has 0 aliphatic heterocycles. The van der Waals surface area contributed by atoms with Crippen molar-refractivity contribution in [3.8, 4) is 22.3 Å². The second-order valence-corrected chi connectivity index (χ2v) is 18.6. The maximum atomic E-state index is 2.45. The van der Waals surface area contributed by atoms with Crippen LogP contribution in [0.4, 0.5) is 17.1 Å². The molecule has 0 aromatic heterocycles. The average Bonchev–Trinajstić information content (AvgIpc) is 3.60. The molecule has 276 valence electrons. The van der Waals surface area contributed by atoms with E-state index in [1.54, 1.807) is 0 Å². The minimum absolute atomic E-state index is 0.0709. The summed E-state index contributed by atoms with van der Waals surface area (Å²) in [5, 5.41) is 10.5. The third-order valence-corrected chi connectivity index (χ3v) is 13.5. The summed E-state index contributed by atoms with van der Waals surface area (Å²) in [5.41, 5.74) is 15.8. The predicted molar refractivity (Wildman–Crippen MR) is 245 cm³/mol. The Bertz CT molecular complexity index is 2960. The topological polar surface area (TPSA) is 3.24 Å². The van der Waals surface area contributed by atoms with Crippen LogP contribution in [0.25, 0.3) is 65.3 Å². The quantitative estimate of drug-likeness (QED) is 0.175. The van der Waals surface area contributed by atoms with E-state index in [-0.39, 0.29) is 16.2 Å². The average molecular weight is 734 g/mol. The molecule has 0 amide bonds. The number of hydrogen-bond donors (Lipinski definition) is 0. The van der Waals surface area contributed by atoms with Crippen molar-refractivity contribution in [3.63, 3.8) is 0 Å². The van der Waals surface area contributed by atoms with Gasteiger partial charge in [0.2, 0.25) is 0 Å². The Morgan fingerprint density at radius 3 is 1.11 bits per heavy atom. The Balaban J connectivity index is 1.07. The van der Waals surface area contributed by atoms with E-state index in [1.807, 2.05) is 0 Å². The van der Waals surface area contributed by atoms with Crippen LogP contribution in [-0.2, 0) is 16.2 Å². The zero-order valence-corrected chi connectivity index (χ0v) is 34.0. The van der Waals surface area contributed by atoms with Crippen molar-refractivity contribution < 1.29 is 0 Å². The van der Waals surface area contributed by atoms with E-state index in [0.717, 1.165) is 17.1 Å². The zero-order chi connectivity index (χ0) is 39.0. The fourth-order valence-electron chi connectivity index (χ4n) is 10.9. The van der Waals surface area contributed by atoms with E-state index < -0.39 is 0 Å². The summed E-state index contributed by atoms with van der Waals surface area (Å²) in [7, 11) is 0. The molecule has 0 spiro atoms. The third kappa shape index (κ3) is 4.82. The van der Waals surface area contributed by atoms with Gasteiger partial charge in [0.25, 0.3) is 0 Å². The highest BCUT2D eigenvalue weighted by Crippen LogP contribution is 2.56. The second-order valence-electron chi connectivity index (χ2n) is 18.6. The number of benzene rings is 9. The fraction of sp³-hybridized carbons (Fsp3) is 0.179. The first-order chi connectivity index (χ1) is 27.4. The van der Waals surface area contributed by atoms with Gasteiger partial charge in [-0.25, -0.2) is 0 Å². The van der Waals surface area contributed by atoms with Crippen molar-refractivity contribution in [2.75, 3.05) is 4.90 Å². The van der Waals surface area contributed by atoms with Gasteiger partial charge in [-0.05, 0) is 135 Å². The van der Waals surface area contributed by atoms with Crippen LogP contribution < -0.4 is 4.90 Å². The molecule has 0 fully saturated rings. The summed E-state index contributed by atoms with van der Waals surface area (Å²) in [6, 6.07) is 59.9. The number of anilines is 3. The van der Waals surface area contributed by atoms with Crippen LogP contribution in [0.2, 0.25) is 0 Å². The molecule has 1 heteroatoms. The van der Waals surface area contributed by atoms with Crippen molar-refractivity contribution in [2.24, 2.45) is 0 Å². The van der Waals surface area contributed by atoms with E-state index >= 15 is 0 Å². The molecule has 0 bridgehead atoms. The van der Waals surface area contributed by atoms with Crippen LogP contribution in [-0.4, -0.2) is 0 Å². The third-order valence-electron chi connectivity index (χ3n) is 13.5. The molecule has 2 aliphatic rings. The van der Waals surface area contributed by atoms with Gasteiger partial charge in [-0.3, -0.25) is 0 Å². The molecule has 9 aromatic rings. The molecular weight excluding hydrogens is 687 g/mol. The Labute approximate surface area is 336 Å². The number of nitrogens with zero attached hydrogens (tertiary/aromatic N) is 1. The lowest BCUT2D eigenvalue weighted by Crippen LogP contribution is -2.16. The maximum absolute atomic E-state index is 2.45. The van der Waals surface area contributed by atoms with Crippen molar-refractivity contribution in [2.45, 2.75) is 64.7 Å². The Hall–Kier alpha value is -6.18. The fourth-order valence-corrected chi connectivity index (χ4v) is 10.9. The number of rotatable bonds is 3. The van der Waals surface area contributed by atoms with Gasteiger partial charge in [0.1, 0.15) is 0 Å². The molecule has 0 N–H and O–H groups in total. The summed E-state index contributed by atoms with van der Waals surface area (Å²) in [6.45, 7) is 16.5. The number of fused-ring (bicyclic) bond motifs is 14. The smallest absolute Gasteiger partial charge is 0.0468 e. The molecule has 2 aliphatic carbocycles. The molecule has 0 atom stereocenters. The standard InChI is InChI=1S/C56H47N/c1-54(2,3)38-20-22-39(23-21-38)57(40-24-30-44-36(32-40)18-28-48-46-26-16-34-12-8-10-14-42(34)50(46)55(4,5)52(44)48)41-25-31-45-37(33-41)19-29-49-47-27-17-35-13-9-11-15-43(35)51(47)56(6,7)53(45)49/h8-33H,1-7H3. The molecule has 0 saturated heterocycles. The first-order valence-electron chi connectivity index (χ1n) is 20.5. The Morgan fingerprint density at radius 2 is 0.702 bits per heavy atom. The van der Waals surface area contributed by atoms with Gasteiger partial charge in [0.05, 0.1) is 0 Å². The minimum Gasteiger partial charge on any atom is -0.310 e. The molecule has 57 heavy (non-hydrogen) atoms. The second kappa shape index (κ2) is 11.7. The van der Waals surface area contributed by atoms with E-state index in [0.29, 0.717) is 0 Å². The van der Waals surface area contributed by atoms with Gasteiger partial charge < -0.3 is 4.90 Å². The van der Waals surface area contributed by atoms with Crippen LogP contribution in [0.1, 0.15) is 76.3 Å². The highest BCUT2D eigenvalue weighted by atomic mass is 15.1. The molecule has 1 nitrogen and oxygen atoms in total. The molecule has 0 saturated carbocycles. The zero-order valence-electron chi connectivity index (χ0n) is 34.0. The van der Waals surface area contributed by atoms with Crippen LogP contribution in [0, 0.1) is 0 Å². The van der Waals surface area contributed by atoms with Gasteiger partial charge in [0, 0.05) is 27.9 Å². The van der Waals surface area contributed by atoms with E-state index in [2.05, 4.69) is 211 Å². The molecule has 0 heterocycles. The highest BCUT2D eigenvalue weighted by Gasteiger charge is 2.40. The lowest BCUT2D eigenvalue weighted by molar-refractivity contribution is 0.590. The van der Waals surface area contributed by atoms with Crippen LogP contribution in [0.3, 0.4) is 0 Å². The lowest BCUT2D eigenvalue weighted by Gasteiger charge is -2.29. The summed E-state index contributed by atoms with van der Waals surface area (Å²) in [5.74, 6) is 0. The summed E-state index contributed by atoms with van der Waals surface area (Å²) < 4.78 is 0. The van der Waals surface area contributed by atoms with Gasteiger partial charge in [-0.2, -0.15) is 0 Å². The van der Waals surface area contributed by atoms with E-state index in [1.165, 1.54) is 93.2 Å². The van der Waals surface area contributed by atoms with Crippen LogP contribution in [0.15, 0.2) is 158 Å². The van der Waals surface area contributed by atoms with Gasteiger partial charge in [-0.15, -0.1) is 0 Å². The first-order valence-corrected chi connectivity index (χ1v) is 20.5. The Kier molecular flexibility index (Phi) is 6.99. The minimum atomic E-state index is -0.132. The molecule has 9 aromatic carbocycles.